The Morgan fingerprint density at radius 1 is 0.886 bits per heavy atom. The summed E-state index contributed by atoms with van der Waals surface area (Å²) in [4.78, 5) is 72.4. The highest BCUT2D eigenvalue weighted by atomic mass is 16.6. The second-order valence-electron chi connectivity index (χ2n) is 21.7. The maximum atomic E-state index is 14.5. The summed E-state index contributed by atoms with van der Waals surface area (Å²) in [5, 5.41) is 44.0. The molecule has 1 saturated carbocycles. The molecule has 4 aliphatic rings. The molecule has 15 atom stereocenters. The van der Waals surface area contributed by atoms with Crippen LogP contribution in [0, 0.1) is 35.5 Å². The van der Waals surface area contributed by atoms with Gasteiger partial charge in [-0.25, -0.2) is 4.79 Å². The van der Waals surface area contributed by atoms with Crippen molar-refractivity contribution in [1.82, 2.24) is 4.90 Å². The van der Waals surface area contributed by atoms with Gasteiger partial charge in [0.2, 0.25) is 5.79 Å². The molecule has 0 spiro atoms. The number of cyclic esters (lactones) is 1. The van der Waals surface area contributed by atoms with Crippen molar-refractivity contribution in [2.75, 3.05) is 27.4 Å². The Hall–Kier alpha value is -3.41. The van der Waals surface area contributed by atoms with Gasteiger partial charge in [0.15, 0.2) is 5.78 Å². The predicted octanol–water partition coefficient (Wildman–Crippen LogP) is 6.71. The normalized spacial score (nSPS) is 38.6. The van der Waals surface area contributed by atoms with Crippen LogP contribution in [-0.4, -0.2) is 142 Å². The molecule has 1 amide bonds. The molecule has 1 aliphatic carbocycles. The van der Waals surface area contributed by atoms with E-state index in [2.05, 4.69) is 0 Å². The Balaban J connectivity index is 1.74. The average molecular weight is 986 g/mol. The van der Waals surface area contributed by atoms with Crippen LogP contribution < -0.4 is 0 Å². The molecule has 0 radical (unpaired) electrons. The minimum absolute atomic E-state index is 0.0144. The Bertz CT molecular complexity index is 1890. The molecule has 15 heteroatoms. The van der Waals surface area contributed by atoms with Gasteiger partial charge >= 0.3 is 5.97 Å². The quantitative estimate of drug-likeness (QED) is 0.107. The molecule has 2 saturated heterocycles. The van der Waals surface area contributed by atoms with Gasteiger partial charge in [0, 0.05) is 58.0 Å². The van der Waals surface area contributed by atoms with Crippen molar-refractivity contribution in [1.29, 1.82) is 0 Å². The van der Waals surface area contributed by atoms with Gasteiger partial charge in [-0.3, -0.25) is 19.2 Å². The summed E-state index contributed by atoms with van der Waals surface area (Å²) in [6.45, 7) is 16.3. The first kappa shape index (κ1) is 59.2. The van der Waals surface area contributed by atoms with Gasteiger partial charge in [-0.15, -0.1) is 0 Å². The zero-order valence-electron chi connectivity index (χ0n) is 44.0. The molecule has 4 rings (SSSR count). The zero-order valence-corrected chi connectivity index (χ0v) is 44.0. The Labute approximate surface area is 417 Å². The number of carbonyl (C=O) groups excluding carboxylic acids is 5. The van der Waals surface area contributed by atoms with Crippen LogP contribution in [0.3, 0.4) is 0 Å². The molecule has 2 unspecified atom stereocenters. The summed E-state index contributed by atoms with van der Waals surface area (Å²) < 4.78 is 30.3. The van der Waals surface area contributed by atoms with Crippen LogP contribution >= 0.6 is 0 Å². The van der Waals surface area contributed by atoms with E-state index in [9.17, 15) is 44.4 Å². The lowest BCUT2D eigenvalue weighted by molar-refractivity contribution is -0.267. The molecule has 0 aromatic carbocycles. The monoisotopic (exact) mass is 986 g/mol. The summed E-state index contributed by atoms with van der Waals surface area (Å²) in [6, 6.07) is -1.17. The number of fused-ring (bicyclic) bond motifs is 3. The van der Waals surface area contributed by atoms with Crippen molar-refractivity contribution in [2.24, 2.45) is 35.5 Å². The number of hydrogen-bond acceptors (Lipinski definition) is 14. The van der Waals surface area contributed by atoms with Crippen molar-refractivity contribution >= 4 is 29.2 Å². The SMILES string of the molecule is CO[C@@H]1CC(C[C@@H](C)C2CC(=O)[C@H](C)/C=C(\C)[C@@H](O)[C@@H](OC)C(=O)[C@H](C)C[C@H](C)/C=C/C=C/C=C(\C)[C@@H](OC(C)(C)CCO)C[C@@H]3CC[C@@H](C)[C@@](O)(O3)C(=O)C(=O)N3CCCC[C@H]3C(=O)O2)CC[C@H]1O. The van der Waals surface area contributed by atoms with Crippen molar-refractivity contribution in [3.63, 3.8) is 0 Å². The summed E-state index contributed by atoms with van der Waals surface area (Å²) in [5.74, 6) is -8.27. The molecule has 3 aliphatic heterocycles. The first-order valence-electron chi connectivity index (χ1n) is 25.9. The van der Waals surface area contributed by atoms with E-state index in [0.29, 0.717) is 69.8 Å². The fraction of sp³-hybridized carbons (Fsp3) is 0.764. The fourth-order valence-corrected chi connectivity index (χ4v) is 10.7. The number of ketones is 3. The number of methoxy groups -OCH3 is 2. The summed E-state index contributed by atoms with van der Waals surface area (Å²) in [5.41, 5.74) is 0.452. The second kappa shape index (κ2) is 27.0. The number of hydrogen-bond donors (Lipinski definition) is 4. The average Bonchev–Trinajstić information content (AvgIpc) is 3.31. The largest absolute Gasteiger partial charge is 0.460 e. The molecular formula is C55H87NO14. The van der Waals surface area contributed by atoms with E-state index < -0.39 is 89.5 Å². The molecule has 2 bridgehead atoms. The molecule has 3 fully saturated rings. The van der Waals surface area contributed by atoms with Crippen molar-refractivity contribution in [3.05, 3.63) is 47.6 Å². The summed E-state index contributed by atoms with van der Waals surface area (Å²) in [6.07, 6.45) is 10.8. The van der Waals surface area contributed by atoms with Crippen molar-refractivity contribution in [2.45, 2.75) is 206 Å². The topological polar surface area (TPSA) is 216 Å². The van der Waals surface area contributed by atoms with Crippen LogP contribution in [0.15, 0.2) is 47.6 Å². The number of amides is 1. The lowest BCUT2D eigenvalue weighted by Crippen LogP contribution is -2.61. The Kier molecular flexibility index (Phi) is 22.9. The van der Waals surface area contributed by atoms with Gasteiger partial charge in [0.1, 0.15) is 30.1 Å². The first-order valence-corrected chi connectivity index (χ1v) is 25.9. The number of piperidine rings is 1. The van der Waals surface area contributed by atoms with Crippen LogP contribution in [0.1, 0.15) is 146 Å². The van der Waals surface area contributed by atoms with Gasteiger partial charge < -0.3 is 49.0 Å². The minimum Gasteiger partial charge on any atom is -0.460 e. The lowest BCUT2D eigenvalue weighted by atomic mass is 9.78. The highest BCUT2D eigenvalue weighted by Crippen LogP contribution is 2.38. The number of esters is 1. The first-order chi connectivity index (χ1) is 33.0. The zero-order chi connectivity index (χ0) is 52.1. The van der Waals surface area contributed by atoms with E-state index in [1.165, 1.54) is 12.0 Å². The molecule has 396 valence electrons. The van der Waals surface area contributed by atoms with Crippen LogP contribution in [-0.2, 0) is 47.7 Å². The number of allylic oxidation sites excluding steroid dienone is 6. The predicted molar refractivity (Wildman–Crippen MR) is 265 cm³/mol. The van der Waals surface area contributed by atoms with E-state index >= 15 is 0 Å². The van der Waals surface area contributed by atoms with Gasteiger partial charge in [0.25, 0.3) is 11.7 Å². The van der Waals surface area contributed by atoms with E-state index in [-0.39, 0.29) is 67.8 Å². The molecule has 3 heterocycles. The van der Waals surface area contributed by atoms with Crippen molar-refractivity contribution in [3.8, 4) is 0 Å². The maximum absolute atomic E-state index is 14.5. The van der Waals surface area contributed by atoms with Crippen LogP contribution in [0.25, 0.3) is 0 Å². The molecule has 4 N–H and O–H groups in total. The van der Waals surface area contributed by atoms with Crippen molar-refractivity contribution < 1.29 is 68.1 Å². The number of nitrogens with zero attached hydrogens (tertiary/aromatic N) is 1. The third-order valence-corrected chi connectivity index (χ3v) is 15.4. The van der Waals surface area contributed by atoms with Crippen LogP contribution in [0.5, 0.6) is 0 Å². The summed E-state index contributed by atoms with van der Waals surface area (Å²) in [7, 11) is 2.94. The smallest absolute Gasteiger partial charge is 0.329 e. The number of ether oxygens (including phenoxy) is 5. The number of carbonyl (C=O) groups is 5. The van der Waals surface area contributed by atoms with Gasteiger partial charge in [-0.2, -0.15) is 0 Å². The molecule has 70 heavy (non-hydrogen) atoms. The Morgan fingerprint density at radius 3 is 2.27 bits per heavy atom. The van der Waals surface area contributed by atoms with E-state index in [1.54, 1.807) is 40.9 Å². The maximum Gasteiger partial charge on any atom is 0.329 e. The van der Waals surface area contributed by atoms with E-state index in [0.717, 1.165) is 5.57 Å². The minimum atomic E-state index is -2.49. The summed E-state index contributed by atoms with van der Waals surface area (Å²) >= 11 is 0. The van der Waals surface area contributed by atoms with Gasteiger partial charge in [0.05, 0.1) is 30.0 Å². The lowest BCUT2D eigenvalue weighted by Gasteiger charge is -2.43. The second-order valence-corrected chi connectivity index (χ2v) is 21.7. The number of Topliss-reactive ketones (excluding diaryl/α,β-unsaturated/α-hetero) is 3. The highest BCUT2D eigenvalue weighted by molar-refractivity contribution is 6.39. The molecule has 0 aromatic rings. The number of rotatable bonds is 9. The van der Waals surface area contributed by atoms with Gasteiger partial charge in [-0.05, 0) is 127 Å². The highest BCUT2D eigenvalue weighted by Gasteiger charge is 2.53. The van der Waals surface area contributed by atoms with E-state index in [4.69, 9.17) is 23.7 Å². The number of aliphatic hydroxyl groups excluding tert-OH is 3. The number of aliphatic hydroxyl groups is 4. The third kappa shape index (κ3) is 16.0. The molecule has 0 aromatic heterocycles. The fourth-order valence-electron chi connectivity index (χ4n) is 10.7. The van der Waals surface area contributed by atoms with Crippen LogP contribution in [0.4, 0.5) is 0 Å². The van der Waals surface area contributed by atoms with Gasteiger partial charge in [-0.1, -0.05) is 71.1 Å². The molecular weight excluding hydrogens is 899 g/mol. The third-order valence-electron chi connectivity index (χ3n) is 15.4. The Morgan fingerprint density at radius 2 is 1.60 bits per heavy atom. The van der Waals surface area contributed by atoms with E-state index in [1.807, 2.05) is 65.0 Å². The molecule has 15 nitrogen and oxygen atoms in total. The van der Waals surface area contributed by atoms with Crippen LogP contribution in [0.2, 0.25) is 0 Å². The standard InChI is InChI=1S/C55H87NO14/c1-33-17-13-12-14-18-34(2)46(70-54(8,9)24-26-57)31-41-22-20-39(7)55(65,69-41)51(62)52(63)56-25-16-15-19-42(56)53(64)68-45(36(4)29-40-21-23-43(58)47(30-40)66-10)32-44(59)35(3)28-38(6)49(61)50(67-11)48(60)37(5)27-33/h12-14,17-18,28,33,35-37,39-43,45-47,49-50,57-58,61,65H,15-16,19-27,29-32H2,1-11H3/b14-12+,17-13+,34-18+,38-28+/t33-,35-,36-,37-,39-,40?,41+,42+,43-,45?,46+,47-,49-,50+,55-/m1/s1.